The lowest BCUT2D eigenvalue weighted by Crippen LogP contribution is -2.30. The lowest BCUT2D eigenvalue weighted by molar-refractivity contribution is -0.130. The molecular formula is C24H19BrClNO2. The molecule has 1 heterocycles. The zero-order valence-corrected chi connectivity index (χ0v) is 18.1. The molecule has 0 saturated heterocycles. The average molecular weight is 469 g/mol. The number of nitrogens with zero attached hydrogens (tertiary/aromatic N) is 1. The van der Waals surface area contributed by atoms with E-state index in [4.69, 9.17) is 11.6 Å². The van der Waals surface area contributed by atoms with Gasteiger partial charge in [0.2, 0.25) is 0 Å². The number of aliphatic hydroxyl groups excluding tert-OH is 1. The SMILES string of the molecule is Cc1ccc(C2=C(O)C(=O)N(Cc3ccc(Cl)cc3)[C@@H]2c2ccccc2Br)cc1. The van der Waals surface area contributed by atoms with Gasteiger partial charge in [0, 0.05) is 21.6 Å². The van der Waals surface area contributed by atoms with Crippen LogP contribution in [0.5, 0.6) is 0 Å². The summed E-state index contributed by atoms with van der Waals surface area (Å²) in [4.78, 5) is 14.8. The fourth-order valence-corrected chi connectivity index (χ4v) is 4.28. The molecule has 3 aromatic rings. The van der Waals surface area contributed by atoms with Crippen LogP contribution in [-0.4, -0.2) is 15.9 Å². The number of hydrogen-bond donors (Lipinski definition) is 1. The monoisotopic (exact) mass is 467 g/mol. The Morgan fingerprint density at radius 2 is 1.66 bits per heavy atom. The number of carbonyl (C=O) groups is 1. The van der Waals surface area contributed by atoms with Crippen LogP contribution in [0.25, 0.3) is 5.57 Å². The van der Waals surface area contributed by atoms with Crippen molar-refractivity contribution in [3.63, 3.8) is 0 Å². The second-order valence-electron chi connectivity index (χ2n) is 7.11. The topological polar surface area (TPSA) is 40.5 Å². The van der Waals surface area contributed by atoms with Crippen LogP contribution in [0, 0.1) is 6.92 Å². The summed E-state index contributed by atoms with van der Waals surface area (Å²) in [6, 6.07) is 22.7. The van der Waals surface area contributed by atoms with Crippen molar-refractivity contribution < 1.29 is 9.90 Å². The van der Waals surface area contributed by atoms with Crippen molar-refractivity contribution in [1.29, 1.82) is 0 Å². The molecule has 1 aliphatic rings. The molecule has 0 radical (unpaired) electrons. The van der Waals surface area contributed by atoms with Gasteiger partial charge in [0.05, 0.1) is 6.04 Å². The fourth-order valence-electron chi connectivity index (χ4n) is 3.65. The van der Waals surface area contributed by atoms with Gasteiger partial charge >= 0.3 is 0 Å². The third-order valence-electron chi connectivity index (χ3n) is 5.13. The Hall–Kier alpha value is -2.56. The van der Waals surface area contributed by atoms with E-state index in [2.05, 4.69) is 15.9 Å². The summed E-state index contributed by atoms with van der Waals surface area (Å²) in [5.41, 5.74) is 4.44. The number of rotatable bonds is 4. The molecule has 1 aliphatic heterocycles. The molecule has 0 saturated carbocycles. The van der Waals surface area contributed by atoms with Crippen LogP contribution in [0.15, 0.2) is 83.0 Å². The maximum atomic E-state index is 13.1. The number of aryl methyl sites for hydroxylation is 1. The Labute approximate surface area is 183 Å². The number of carbonyl (C=O) groups excluding carboxylic acids is 1. The predicted octanol–water partition coefficient (Wildman–Crippen LogP) is 6.46. The molecule has 5 heteroatoms. The van der Waals surface area contributed by atoms with Crippen molar-refractivity contribution in [2.24, 2.45) is 0 Å². The van der Waals surface area contributed by atoms with E-state index in [1.807, 2.05) is 67.6 Å². The largest absolute Gasteiger partial charge is 0.503 e. The molecule has 0 unspecified atom stereocenters. The molecular weight excluding hydrogens is 450 g/mol. The smallest absolute Gasteiger partial charge is 0.290 e. The average Bonchev–Trinajstić information content (AvgIpc) is 2.95. The summed E-state index contributed by atoms with van der Waals surface area (Å²) in [6.07, 6.45) is 0. The third kappa shape index (κ3) is 3.83. The van der Waals surface area contributed by atoms with E-state index in [1.54, 1.807) is 17.0 Å². The predicted molar refractivity (Wildman–Crippen MR) is 120 cm³/mol. The molecule has 4 rings (SSSR count). The summed E-state index contributed by atoms with van der Waals surface area (Å²) in [7, 11) is 0. The molecule has 0 spiro atoms. The molecule has 0 bridgehead atoms. The molecule has 0 fully saturated rings. The number of amides is 1. The zero-order valence-electron chi connectivity index (χ0n) is 15.8. The Morgan fingerprint density at radius 1 is 1.00 bits per heavy atom. The molecule has 3 nitrogen and oxygen atoms in total. The lowest BCUT2D eigenvalue weighted by atomic mass is 9.93. The van der Waals surface area contributed by atoms with Gasteiger partial charge in [-0.15, -0.1) is 0 Å². The maximum Gasteiger partial charge on any atom is 0.290 e. The van der Waals surface area contributed by atoms with Gasteiger partial charge in [-0.1, -0.05) is 87.7 Å². The molecule has 1 N–H and O–H groups in total. The normalized spacial score (nSPS) is 16.6. The van der Waals surface area contributed by atoms with Crippen molar-refractivity contribution in [2.75, 3.05) is 0 Å². The molecule has 0 aromatic heterocycles. The van der Waals surface area contributed by atoms with E-state index in [1.165, 1.54) is 0 Å². The van der Waals surface area contributed by atoms with E-state index in [9.17, 15) is 9.90 Å². The zero-order chi connectivity index (χ0) is 20.5. The number of hydrogen-bond acceptors (Lipinski definition) is 2. The molecule has 1 atom stereocenters. The van der Waals surface area contributed by atoms with Gasteiger partial charge in [-0.05, 0) is 41.8 Å². The fraction of sp³-hybridized carbons (Fsp3) is 0.125. The molecule has 0 aliphatic carbocycles. The minimum Gasteiger partial charge on any atom is -0.503 e. The number of aliphatic hydroxyl groups is 1. The van der Waals surface area contributed by atoms with Gasteiger partial charge < -0.3 is 10.0 Å². The standard InChI is InChI=1S/C24H19BrClNO2/c1-15-6-10-17(11-7-15)21-22(19-4-2-3-5-20(19)25)27(24(29)23(21)28)14-16-8-12-18(26)13-9-16/h2-13,22,28H,14H2,1H3/t22-/m1/s1. The molecule has 1 amide bonds. The lowest BCUT2D eigenvalue weighted by Gasteiger charge is -2.28. The third-order valence-corrected chi connectivity index (χ3v) is 6.11. The Bertz CT molecular complexity index is 1090. The highest BCUT2D eigenvalue weighted by Gasteiger charge is 2.41. The molecule has 29 heavy (non-hydrogen) atoms. The summed E-state index contributed by atoms with van der Waals surface area (Å²) < 4.78 is 0.887. The van der Waals surface area contributed by atoms with Gasteiger partial charge in [-0.3, -0.25) is 4.79 Å². The van der Waals surface area contributed by atoms with E-state index in [-0.39, 0.29) is 11.7 Å². The maximum absolute atomic E-state index is 13.1. The second-order valence-corrected chi connectivity index (χ2v) is 8.40. The van der Waals surface area contributed by atoms with Gasteiger partial charge in [-0.2, -0.15) is 0 Å². The minimum absolute atomic E-state index is 0.205. The second kappa shape index (κ2) is 8.05. The van der Waals surface area contributed by atoms with Gasteiger partial charge in [-0.25, -0.2) is 0 Å². The van der Waals surface area contributed by atoms with E-state index < -0.39 is 6.04 Å². The van der Waals surface area contributed by atoms with Crippen molar-refractivity contribution in [2.45, 2.75) is 19.5 Å². The van der Waals surface area contributed by atoms with Crippen LogP contribution < -0.4 is 0 Å². The van der Waals surface area contributed by atoms with Gasteiger partial charge in [0.15, 0.2) is 5.76 Å². The van der Waals surface area contributed by atoms with E-state index >= 15 is 0 Å². The number of halogens is 2. The van der Waals surface area contributed by atoms with Crippen LogP contribution in [-0.2, 0) is 11.3 Å². The Balaban J connectivity index is 1.83. The highest BCUT2D eigenvalue weighted by atomic mass is 79.9. The Kier molecular flexibility index (Phi) is 5.48. The van der Waals surface area contributed by atoms with Gasteiger partial charge in [0.1, 0.15) is 0 Å². The first kappa shape index (κ1) is 19.7. The highest BCUT2D eigenvalue weighted by Crippen LogP contribution is 2.45. The summed E-state index contributed by atoms with van der Waals surface area (Å²) in [6.45, 7) is 2.37. The quantitative estimate of drug-likeness (QED) is 0.477. The first-order chi connectivity index (χ1) is 14.0. The van der Waals surface area contributed by atoms with Crippen LogP contribution in [0.2, 0.25) is 5.02 Å². The summed E-state index contributed by atoms with van der Waals surface area (Å²) in [5.74, 6) is -0.583. The summed E-state index contributed by atoms with van der Waals surface area (Å²) >= 11 is 9.63. The van der Waals surface area contributed by atoms with Crippen molar-refractivity contribution >= 4 is 39.0 Å². The molecule has 3 aromatic carbocycles. The Morgan fingerprint density at radius 3 is 2.31 bits per heavy atom. The summed E-state index contributed by atoms with van der Waals surface area (Å²) in [5, 5.41) is 11.5. The minimum atomic E-state index is -0.406. The highest BCUT2D eigenvalue weighted by molar-refractivity contribution is 9.10. The first-order valence-corrected chi connectivity index (χ1v) is 10.4. The van der Waals surface area contributed by atoms with Crippen LogP contribution >= 0.6 is 27.5 Å². The van der Waals surface area contributed by atoms with E-state index in [0.717, 1.165) is 26.7 Å². The van der Waals surface area contributed by atoms with Crippen molar-refractivity contribution in [3.05, 3.63) is 110 Å². The van der Waals surface area contributed by atoms with Crippen LogP contribution in [0.4, 0.5) is 0 Å². The number of benzene rings is 3. The van der Waals surface area contributed by atoms with Crippen LogP contribution in [0.1, 0.15) is 28.3 Å². The van der Waals surface area contributed by atoms with Crippen molar-refractivity contribution in [1.82, 2.24) is 4.90 Å². The van der Waals surface area contributed by atoms with Crippen molar-refractivity contribution in [3.8, 4) is 0 Å². The van der Waals surface area contributed by atoms with E-state index in [0.29, 0.717) is 17.1 Å². The van der Waals surface area contributed by atoms with Crippen LogP contribution in [0.3, 0.4) is 0 Å². The van der Waals surface area contributed by atoms with Gasteiger partial charge in [0.25, 0.3) is 5.91 Å². The first-order valence-electron chi connectivity index (χ1n) is 9.25. The molecule has 146 valence electrons.